The number of fused-ring (bicyclic) bond motifs is 1. The number of hydrogen-bond acceptors (Lipinski definition) is 2. The van der Waals surface area contributed by atoms with Gasteiger partial charge in [-0.1, -0.05) is 36.4 Å². The molecule has 0 spiro atoms. The first-order valence-corrected chi connectivity index (χ1v) is 6.94. The van der Waals surface area contributed by atoms with E-state index in [1.54, 1.807) is 4.90 Å². The SMILES string of the molecule is O=C(O)C1c2ccccc2CCN1C(=O)C1CC=CC1. The van der Waals surface area contributed by atoms with Gasteiger partial charge in [0.1, 0.15) is 0 Å². The number of carboxylic acid groups (broad SMARTS) is 1. The minimum absolute atomic E-state index is 0.0306. The summed E-state index contributed by atoms with van der Waals surface area (Å²) in [6.45, 7) is 0.489. The fourth-order valence-corrected chi connectivity index (χ4v) is 3.12. The number of rotatable bonds is 2. The van der Waals surface area contributed by atoms with Gasteiger partial charge in [-0.25, -0.2) is 4.79 Å². The van der Waals surface area contributed by atoms with E-state index in [4.69, 9.17) is 0 Å². The summed E-state index contributed by atoms with van der Waals surface area (Å²) in [5, 5.41) is 9.54. The molecule has 1 N–H and O–H groups in total. The second kappa shape index (κ2) is 5.12. The van der Waals surface area contributed by atoms with Gasteiger partial charge >= 0.3 is 5.97 Å². The first kappa shape index (κ1) is 12.9. The molecule has 2 aliphatic rings. The van der Waals surface area contributed by atoms with Crippen LogP contribution in [0.1, 0.15) is 30.0 Å². The molecule has 1 aliphatic heterocycles. The molecule has 3 rings (SSSR count). The van der Waals surface area contributed by atoms with Crippen LogP contribution in [0.3, 0.4) is 0 Å². The van der Waals surface area contributed by atoms with Crippen molar-refractivity contribution >= 4 is 11.9 Å². The molecule has 1 aliphatic carbocycles. The Morgan fingerprint density at radius 3 is 2.55 bits per heavy atom. The number of aliphatic carboxylic acids is 1. The quantitative estimate of drug-likeness (QED) is 0.839. The molecular formula is C16H17NO3. The van der Waals surface area contributed by atoms with Crippen LogP contribution < -0.4 is 0 Å². The lowest BCUT2D eigenvalue weighted by Crippen LogP contribution is -2.45. The highest BCUT2D eigenvalue weighted by atomic mass is 16.4. The van der Waals surface area contributed by atoms with E-state index < -0.39 is 12.0 Å². The third-order valence-corrected chi connectivity index (χ3v) is 4.16. The Kier molecular flexibility index (Phi) is 3.30. The van der Waals surface area contributed by atoms with E-state index in [2.05, 4.69) is 0 Å². The van der Waals surface area contributed by atoms with Gasteiger partial charge in [0.2, 0.25) is 5.91 Å². The van der Waals surface area contributed by atoms with Crippen molar-refractivity contribution in [1.29, 1.82) is 0 Å². The van der Waals surface area contributed by atoms with Crippen molar-refractivity contribution in [3.05, 3.63) is 47.5 Å². The zero-order chi connectivity index (χ0) is 14.1. The van der Waals surface area contributed by atoms with Crippen LogP contribution in [0.2, 0.25) is 0 Å². The van der Waals surface area contributed by atoms with E-state index >= 15 is 0 Å². The van der Waals surface area contributed by atoms with E-state index in [1.807, 2.05) is 36.4 Å². The van der Waals surface area contributed by atoms with Crippen LogP contribution in [0.25, 0.3) is 0 Å². The Labute approximate surface area is 117 Å². The number of benzene rings is 1. The van der Waals surface area contributed by atoms with Gasteiger partial charge in [-0.3, -0.25) is 4.79 Å². The fraction of sp³-hybridized carbons (Fsp3) is 0.375. The van der Waals surface area contributed by atoms with Gasteiger partial charge in [0.25, 0.3) is 0 Å². The Bertz CT molecular complexity index is 571. The molecule has 0 fully saturated rings. The topological polar surface area (TPSA) is 57.6 Å². The largest absolute Gasteiger partial charge is 0.479 e. The normalized spacial score (nSPS) is 21.8. The minimum Gasteiger partial charge on any atom is -0.479 e. The Hall–Kier alpha value is -2.10. The average Bonchev–Trinajstić information content (AvgIpc) is 2.99. The fourth-order valence-electron chi connectivity index (χ4n) is 3.12. The van der Waals surface area contributed by atoms with Crippen LogP contribution in [0.4, 0.5) is 0 Å². The molecule has 4 heteroatoms. The molecule has 1 heterocycles. The number of carbonyl (C=O) groups excluding carboxylic acids is 1. The third-order valence-electron chi connectivity index (χ3n) is 4.16. The predicted molar refractivity (Wildman–Crippen MR) is 74.1 cm³/mol. The maximum Gasteiger partial charge on any atom is 0.331 e. The lowest BCUT2D eigenvalue weighted by atomic mass is 9.91. The smallest absolute Gasteiger partial charge is 0.331 e. The van der Waals surface area contributed by atoms with Gasteiger partial charge in [0.05, 0.1) is 0 Å². The van der Waals surface area contributed by atoms with Gasteiger partial charge in [0, 0.05) is 12.5 Å². The number of nitrogens with zero attached hydrogens (tertiary/aromatic N) is 1. The maximum atomic E-state index is 12.5. The Balaban J connectivity index is 1.92. The summed E-state index contributed by atoms with van der Waals surface area (Å²) in [4.78, 5) is 25.7. The number of carbonyl (C=O) groups is 2. The number of allylic oxidation sites excluding steroid dienone is 2. The summed E-state index contributed by atoms with van der Waals surface area (Å²) >= 11 is 0. The van der Waals surface area contributed by atoms with E-state index in [0.29, 0.717) is 6.54 Å². The monoisotopic (exact) mass is 271 g/mol. The number of hydrogen-bond donors (Lipinski definition) is 1. The van der Waals surface area contributed by atoms with Gasteiger partial charge in [-0.05, 0) is 30.4 Å². The summed E-state index contributed by atoms with van der Waals surface area (Å²) in [5.41, 5.74) is 1.79. The van der Waals surface area contributed by atoms with Crippen LogP contribution in [0.15, 0.2) is 36.4 Å². The van der Waals surface area contributed by atoms with Crippen molar-refractivity contribution < 1.29 is 14.7 Å². The molecule has 1 aromatic carbocycles. The van der Waals surface area contributed by atoms with Crippen LogP contribution in [0, 0.1) is 5.92 Å². The van der Waals surface area contributed by atoms with Crippen LogP contribution in [-0.4, -0.2) is 28.4 Å². The van der Waals surface area contributed by atoms with Crippen molar-refractivity contribution in [2.75, 3.05) is 6.54 Å². The molecule has 4 nitrogen and oxygen atoms in total. The highest BCUT2D eigenvalue weighted by Gasteiger charge is 2.38. The van der Waals surface area contributed by atoms with Crippen LogP contribution in [0.5, 0.6) is 0 Å². The van der Waals surface area contributed by atoms with Crippen molar-refractivity contribution in [3.8, 4) is 0 Å². The van der Waals surface area contributed by atoms with Crippen molar-refractivity contribution in [1.82, 2.24) is 4.90 Å². The van der Waals surface area contributed by atoms with Crippen molar-refractivity contribution in [2.24, 2.45) is 5.92 Å². The summed E-state index contributed by atoms with van der Waals surface area (Å²) < 4.78 is 0. The standard InChI is InChI=1S/C16H17NO3/c18-15(12-6-1-2-7-12)17-10-9-11-5-3-4-8-13(11)14(17)16(19)20/h1-5,8,12,14H,6-7,9-10H2,(H,19,20). The Morgan fingerprint density at radius 2 is 1.85 bits per heavy atom. The molecular weight excluding hydrogens is 254 g/mol. The molecule has 20 heavy (non-hydrogen) atoms. The minimum atomic E-state index is -0.948. The van der Waals surface area contributed by atoms with Crippen molar-refractivity contribution in [3.63, 3.8) is 0 Å². The van der Waals surface area contributed by atoms with Crippen LogP contribution >= 0.6 is 0 Å². The first-order chi connectivity index (χ1) is 9.68. The maximum absolute atomic E-state index is 12.5. The molecule has 0 saturated heterocycles. The lowest BCUT2D eigenvalue weighted by molar-refractivity contribution is -0.153. The summed E-state index contributed by atoms with van der Waals surface area (Å²) in [5.74, 6) is -1.06. The van der Waals surface area contributed by atoms with E-state index in [1.165, 1.54) is 0 Å². The highest BCUT2D eigenvalue weighted by Crippen LogP contribution is 2.33. The average molecular weight is 271 g/mol. The van der Waals surface area contributed by atoms with Gasteiger partial charge in [-0.2, -0.15) is 0 Å². The van der Waals surface area contributed by atoms with Gasteiger partial charge in [-0.15, -0.1) is 0 Å². The van der Waals surface area contributed by atoms with Gasteiger partial charge < -0.3 is 10.0 Å². The zero-order valence-corrected chi connectivity index (χ0v) is 11.2. The second-order valence-corrected chi connectivity index (χ2v) is 5.36. The lowest BCUT2D eigenvalue weighted by Gasteiger charge is -2.36. The molecule has 104 valence electrons. The number of amides is 1. The number of carboxylic acids is 1. The van der Waals surface area contributed by atoms with E-state index in [0.717, 1.165) is 30.4 Å². The van der Waals surface area contributed by atoms with Crippen molar-refractivity contribution in [2.45, 2.75) is 25.3 Å². The molecule has 0 bridgehead atoms. The summed E-state index contributed by atoms with van der Waals surface area (Å²) in [6, 6.07) is 6.67. The highest BCUT2D eigenvalue weighted by molar-refractivity contribution is 5.87. The first-order valence-electron chi connectivity index (χ1n) is 6.94. The third kappa shape index (κ3) is 2.11. The van der Waals surface area contributed by atoms with Crippen LogP contribution in [-0.2, 0) is 16.0 Å². The summed E-state index contributed by atoms with van der Waals surface area (Å²) in [7, 11) is 0. The van der Waals surface area contributed by atoms with Gasteiger partial charge in [0.15, 0.2) is 6.04 Å². The molecule has 1 atom stereocenters. The molecule has 1 amide bonds. The molecule has 0 saturated carbocycles. The van der Waals surface area contributed by atoms with E-state index in [-0.39, 0.29) is 11.8 Å². The van der Waals surface area contributed by atoms with E-state index in [9.17, 15) is 14.7 Å². The second-order valence-electron chi connectivity index (χ2n) is 5.36. The zero-order valence-electron chi connectivity index (χ0n) is 11.2. The molecule has 1 unspecified atom stereocenters. The Morgan fingerprint density at radius 1 is 1.15 bits per heavy atom. The molecule has 0 aromatic heterocycles. The summed E-state index contributed by atoms with van der Waals surface area (Å²) in [6.07, 6.45) is 6.17. The predicted octanol–water partition coefficient (Wildman–Crippen LogP) is 2.16. The molecule has 1 aromatic rings. The molecule has 0 radical (unpaired) electrons.